The van der Waals surface area contributed by atoms with Crippen molar-refractivity contribution >= 4 is 29.3 Å². The SMILES string of the molecule is COc1ccccc1CN1C(=O)[C@H]2[C@H](CC(N)=O)N[C@]3(C(=O)Nc4c(C)cc(C)cc43)[C@@H]2C1=O. The number of methoxy groups -OCH3 is 1. The van der Waals surface area contributed by atoms with Crippen molar-refractivity contribution in [2.45, 2.75) is 38.4 Å². The monoisotopic (exact) mass is 462 g/mol. The standard InChI is InChI=1S/C25H26N4O5/c1-12-8-13(2)21-15(9-12)25(24(33)27-21)20-19(16(28-25)10-18(26)30)22(31)29(23(20)32)11-14-6-4-5-7-17(14)34-3/h4-9,16,19-20,28H,10-11H2,1-3H3,(H2,26,30)(H,27,33)/t16-,19-,20-,25-/m0/s1. The van der Waals surface area contributed by atoms with E-state index in [1.54, 1.807) is 24.3 Å². The molecule has 0 unspecified atom stereocenters. The molecular weight excluding hydrogens is 436 g/mol. The lowest BCUT2D eigenvalue weighted by Crippen LogP contribution is -2.53. The molecule has 2 aromatic rings. The average molecular weight is 463 g/mol. The number of hydrogen-bond donors (Lipinski definition) is 3. The molecule has 2 saturated heterocycles. The number of carbonyl (C=O) groups excluding carboxylic acids is 4. The maximum absolute atomic E-state index is 13.8. The number of para-hydroxylation sites is 1. The number of hydrogen-bond acceptors (Lipinski definition) is 6. The van der Waals surface area contributed by atoms with Crippen molar-refractivity contribution in [1.82, 2.24) is 10.2 Å². The molecule has 0 aliphatic carbocycles. The van der Waals surface area contributed by atoms with E-state index in [0.717, 1.165) is 11.1 Å². The Labute approximate surface area is 196 Å². The molecule has 0 aromatic heterocycles. The second kappa shape index (κ2) is 7.66. The summed E-state index contributed by atoms with van der Waals surface area (Å²) in [5.74, 6) is -3.25. The normalized spacial score (nSPS) is 27.2. The second-order valence-corrected chi connectivity index (χ2v) is 9.27. The molecule has 176 valence electrons. The number of fused-ring (bicyclic) bond motifs is 4. The fourth-order valence-corrected chi connectivity index (χ4v) is 5.87. The first-order chi connectivity index (χ1) is 16.2. The number of rotatable bonds is 5. The maximum Gasteiger partial charge on any atom is 0.250 e. The van der Waals surface area contributed by atoms with Crippen LogP contribution in [0.4, 0.5) is 5.69 Å². The number of anilines is 1. The minimum atomic E-state index is -1.46. The van der Waals surface area contributed by atoms with Crippen LogP contribution in [0.15, 0.2) is 36.4 Å². The Balaban J connectivity index is 1.63. The van der Waals surface area contributed by atoms with Crippen molar-refractivity contribution in [2.75, 3.05) is 12.4 Å². The van der Waals surface area contributed by atoms with E-state index >= 15 is 0 Å². The van der Waals surface area contributed by atoms with Crippen LogP contribution in [0.25, 0.3) is 0 Å². The number of benzene rings is 2. The lowest BCUT2D eigenvalue weighted by molar-refractivity contribution is -0.143. The van der Waals surface area contributed by atoms with Crippen LogP contribution in [0, 0.1) is 25.7 Å². The first-order valence-corrected chi connectivity index (χ1v) is 11.1. The van der Waals surface area contributed by atoms with Crippen LogP contribution in [0.5, 0.6) is 5.75 Å². The van der Waals surface area contributed by atoms with Crippen molar-refractivity contribution in [3.05, 3.63) is 58.7 Å². The Bertz CT molecular complexity index is 1260. The van der Waals surface area contributed by atoms with Crippen LogP contribution in [-0.4, -0.2) is 41.7 Å². The number of aryl methyl sites for hydroxylation is 2. The van der Waals surface area contributed by atoms with Gasteiger partial charge in [0.1, 0.15) is 11.3 Å². The van der Waals surface area contributed by atoms with Crippen LogP contribution in [0.3, 0.4) is 0 Å². The predicted octanol–water partition coefficient (Wildman–Crippen LogP) is 1.11. The summed E-state index contributed by atoms with van der Waals surface area (Å²) in [7, 11) is 1.52. The van der Waals surface area contributed by atoms with Crippen molar-refractivity contribution in [3.63, 3.8) is 0 Å². The molecule has 5 rings (SSSR count). The summed E-state index contributed by atoms with van der Waals surface area (Å²) in [5, 5.41) is 6.13. The van der Waals surface area contributed by atoms with Crippen LogP contribution >= 0.6 is 0 Å². The van der Waals surface area contributed by atoms with E-state index in [0.29, 0.717) is 22.6 Å². The lowest BCUT2D eigenvalue weighted by Gasteiger charge is -2.29. The summed E-state index contributed by atoms with van der Waals surface area (Å²) in [4.78, 5) is 54.1. The third kappa shape index (κ3) is 2.96. The summed E-state index contributed by atoms with van der Waals surface area (Å²) in [5.41, 5.74) is 7.74. The highest BCUT2D eigenvalue weighted by Gasteiger charge is 2.70. The van der Waals surface area contributed by atoms with Gasteiger partial charge in [-0.15, -0.1) is 0 Å². The zero-order chi connectivity index (χ0) is 24.4. The van der Waals surface area contributed by atoms with E-state index in [4.69, 9.17) is 10.5 Å². The zero-order valence-electron chi connectivity index (χ0n) is 19.2. The first kappa shape index (κ1) is 22.1. The molecule has 0 radical (unpaired) electrons. The van der Waals surface area contributed by atoms with Gasteiger partial charge in [-0.1, -0.05) is 35.9 Å². The van der Waals surface area contributed by atoms with Crippen molar-refractivity contribution in [3.8, 4) is 5.75 Å². The molecule has 9 heteroatoms. The van der Waals surface area contributed by atoms with E-state index in [-0.39, 0.29) is 13.0 Å². The largest absolute Gasteiger partial charge is 0.496 e. The number of nitrogens with two attached hydrogens (primary N) is 1. The number of imide groups is 1. The van der Waals surface area contributed by atoms with Crippen molar-refractivity contribution in [1.29, 1.82) is 0 Å². The molecule has 0 bridgehead atoms. The fraction of sp³-hybridized carbons (Fsp3) is 0.360. The van der Waals surface area contributed by atoms with Gasteiger partial charge in [0.2, 0.25) is 23.6 Å². The van der Waals surface area contributed by atoms with E-state index in [2.05, 4.69) is 10.6 Å². The van der Waals surface area contributed by atoms with Gasteiger partial charge in [0.05, 0.1) is 25.5 Å². The maximum atomic E-state index is 13.8. The highest BCUT2D eigenvalue weighted by atomic mass is 16.5. The number of nitrogens with one attached hydrogen (secondary N) is 2. The van der Waals surface area contributed by atoms with Gasteiger partial charge in [0.25, 0.3) is 0 Å². The molecule has 1 spiro atoms. The van der Waals surface area contributed by atoms with Crippen molar-refractivity contribution in [2.24, 2.45) is 17.6 Å². The molecule has 3 aliphatic rings. The van der Waals surface area contributed by atoms with Crippen LogP contribution in [-0.2, 0) is 31.3 Å². The minimum Gasteiger partial charge on any atom is -0.496 e. The van der Waals surface area contributed by atoms with Crippen LogP contribution in [0.2, 0.25) is 0 Å². The molecule has 0 saturated carbocycles. The van der Waals surface area contributed by atoms with Gasteiger partial charge in [-0.3, -0.25) is 29.4 Å². The summed E-state index contributed by atoms with van der Waals surface area (Å²) in [6.07, 6.45) is -0.169. The van der Waals surface area contributed by atoms with Gasteiger partial charge in [-0.2, -0.15) is 0 Å². The topological polar surface area (TPSA) is 131 Å². The summed E-state index contributed by atoms with van der Waals surface area (Å²) >= 11 is 0. The summed E-state index contributed by atoms with van der Waals surface area (Å²) in [6.45, 7) is 3.80. The second-order valence-electron chi connectivity index (χ2n) is 9.27. The molecule has 34 heavy (non-hydrogen) atoms. The molecule has 3 aliphatic heterocycles. The summed E-state index contributed by atoms with van der Waals surface area (Å²) < 4.78 is 5.39. The van der Waals surface area contributed by atoms with Gasteiger partial charge in [-0.05, 0) is 25.5 Å². The van der Waals surface area contributed by atoms with E-state index in [1.165, 1.54) is 12.0 Å². The third-order valence-electron chi connectivity index (χ3n) is 7.20. The lowest BCUT2D eigenvalue weighted by atomic mass is 9.76. The van der Waals surface area contributed by atoms with E-state index in [9.17, 15) is 19.2 Å². The fourth-order valence-electron chi connectivity index (χ4n) is 5.87. The Kier molecular flexibility index (Phi) is 4.98. The number of carbonyl (C=O) groups is 4. The number of nitrogens with zero attached hydrogens (tertiary/aromatic N) is 1. The van der Waals surface area contributed by atoms with E-state index in [1.807, 2.05) is 26.0 Å². The molecule has 9 nitrogen and oxygen atoms in total. The Hall–Kier alpha value is -3.72. The average Bonchev–Trinajstić information content (AvgIpc) is 3.35. The number of amides is 4. The smallest absolute Gasteiger partial charge is 0.250 e. The van der Waals surface area contributed by atoms with E-state index < -0.39 is 47.0 Å². The van der Waals surface area contributed by atoms with Crippen LogP contribution < -0.4 is 21.1 Å². The molecule has 2 aromatic carbocycles. The van der Waals surface area contributed by atoms with Crippen LogP contribution in [0.1, 0.15) is 28.7 Å². The molecule has 4 atom stereocenters. The van der Waals surface area contributed by atoms with Gasteiger partial charge >= 0.3 is 0 Å². The Morgan fingerprint density at radius 2 is 1.88 bits per heavy atom. The zero-order valence-corrected chi connectivity index (χ0v) is 19.2. The molecule has 2 fully saturated rings. The molecule has 3 heterocycles. The number of ether oxygens (including phenoxy) is 1. The Morgan fingerprint density at radius 1 is 1.15 bits per heavy atom. The third-order valence-corrected chi connectivity index (χ3v) is 7.20. The Morgan fingerprint density at radius 3 is 2.59 bits per heavy atom. The van der Waals surface area contributed by atoms with Gasteiger partial charge < -0.3 is 15.8 Å². The number of likely N-dealkylation sites (tertiary alicyclic amines) is 1. The van der Waals surface area contributed by atoms with Crippen molar-refractivity contribution < 1.29 is 23.9 Å². The highest BCUT2D eigenvalue weighted by Crippen LogP contribution is 2.54. The quantitative estimate of drug-likeness (QED) is 0.571. The predicted molar refractivity (Wildman–Crippen MR) is 122 cm³/mol. The van der Waals surface area contributed by atoms with Gasteiger partial charge in [-0.25, -0.2) is 0 Å². The minimum absolute atomic E-state index is 0.00930. The van der Waals surface area contributed by atoms with Gasteiger partial charge in [0.15, 0.2) is 0 Å². The molecular formula is C25H26N4O5. The first-order valence-electron chi connectivity index (χ1n) is 11.1. The van der Waals surface area contributed by atoms with Gasteiger partial charge in [0, 0.05) is 29.3 Å². The highest BCUT2D eigenvalue weighted by molar-refractivity contribution is 6.15. The molecule has 4 amide bonds. The number of primary amides is 1. The summed E-state index contributed by atoms with van der Waals surface area (Å²) in [6, 6.07) is 10.2. The molecule has 4 N–H and O–H groups in total.